The minimum atomic E-state index is -0.343. The van der Waals surface area contributed by atoms with Crippen LogP contribution in [0.5, 0.6) is 17.4 Å². The first kappa shape index (κ1) is 22.7. The van der Waals surface area contributed by atoms with E-state index in [1.807, 2.05) is 49.4 Å². The molecule has 0 fully saturated rings. The van der Waals surface area contributed by atoms with Gasteiger partial charge in [0.1, 0.15) is 18.0 Å². The number of carbonyl (C=O) groups is 1. The third-order valence-electron chi connectivity index (χ3n) is 4.88. The molecule has 0 spiro atoms. The zero-order valence-corrected chi connectivity index (χ0v) is 18.7. The van der Waals surface area contributed by atoms with Gasteiger partial charge < -0.3 is 14.8 Å². The Morgan fingerprint density at radius 3 is 2.50 bits per heavy atom. The summed E-state index contributed by atoms with van der Waals surface area (Å²) in [6.07, 6.45) is 1.61. The van der Waals surface area contributed by atoms with E-state index in [-0.39, 0.29) is 24.6 Å². The van der Waals surface area contributed by atoms with Crippen molar-refractivity contribution in [2.45, 2.75) is 20.0 Å². The Bertz CT molecular complexity index is 1300. The number of amides is 1. The van der Waals surface area contributed by atoms with Gasteiger partial charge in [0.25, 0.3) is 5.56 Å². The molecular weight excluding hydrogens is 432 g/mol. The topological polar surface area (TPSA) is 95.3 Å². The molecule has 8 heteroatoms. The monoisotopic (exact) mass is 456 g/mol. The number of ether oxygens (including phenoxy) is 2. The van der Waals surface area contributed by atoms with Crippen LogP contribution >= 0.6 is 0 Å². The van der Waals surface area contributed by atoms with Crippen LogP contribution in [0.3, 0.4) is 0 Å². The van der Waals surface area contributed by atoms with Crippen molar-refractivity contribution in [2.24, 2.45) is 0 Å². The highest BCUT2D eigenvalue weighted by Gasteiger charge is 2.09. The van der Waals surface area contributed by atoms with Crippen LogP contribution in [0.4, 0.5) is 0 Å². The van der Waals surface area contributed by atoms with Crippen molar-refractivity contribution >= 4 is 5.91 Å². The van der Waals surface area contributed by atoms with Gasteiger partial charge in [-0.2, -0.15) is 5.10 Å². The zero-order valence-electron chi connectivity index (χ0n) is 18.7. The zero-order chi connectivity index (χ0) is 23.8. The molecule has 2 aromatic carbocycles. The van der Waals surface area contributed by atoms with E-state index in [1.54, 1.807) is 36.5 Å². The summed E-state index contributed by atoms with van der Waals surface area (Å²) in [5, 5.41) is 7.13. The van der Waals surface area contributed by atoms with E-state index < -0.39 is 0 Å². The molecule has 0 atom stereocenters. The standard InChI is InChI=1S/C26H24N4O4/c1-2-33-21-8-10-22(11-9-21)34-25-16-19(14-15-27-25)17-28-24(31)18-30-26(32)13-12-23(29-30)20-6-4-3-5-7-20/h3-16H,2,17-18H2,1H3,(H,28,31). The minimum absolute atomic E-state index is 0.180. The summed E-state index contributed by atoms with van der Waals surface area (Å²) in [7, 11) is 0. The molecule has 8 nitrogen and oxygen atoms in total. The van der Waals surface area contributed by atoms with Gasteiger partial charge in [0, 0.05) is 30.4 Å². The van der Waals surface area contributed by atoms with Crippen LogP contribution in [-0.4, -0.2) is 27.3 Å². The van der Waals surface area contributed by atoms with Crippen LogP contribution < -0.4 is 20.3 Å². The Labute approximate surface area is 196 Å². The fourth-order valence-electron chi connectivity index (χ4n) is 3.23. The molecule has 172 valence electrons. The molecule has 0 aliphatic carbocycles. The van der Waals surface area contributed by atoms with Crippen molar-refractivity contribution in [1.82, 2.24) is 20.1 Å². The fourth-order valence-corrected chi connectivity index (χ4v) is 3.23. The van der Waals surface area contributed by atoms with Gasteiger partial charge in [-0.15, -0.1) is 0 Å². The second-order valence-corrected chi connectivity index (χ2v) is 7.37. The van der Waals surface area contributed by atoms with Crippen molar-refractivity contribution in [3.05, 3.63) is 101 Å². The van der Waals surface area contributed by atoms with E-state index in [2.05, 4.69) is 15.4 Å². The van der Waals surface area contributed by atoms with Crippen LogP contribution in [0.25, 0.3) is 11.3 Å². The maximum Gasteiger partial charge on any atom is 0.267 e. The van der Waals surface area contributed by atoms with Gasteiger partial charge in [-0.3, -0.25) is 9.59 Å². The van der Waals surface area contributed by atoms with E-state index in [0.717, 1.165) is 21.6 Å². The minimum Gasteiger partial charge on any atom is -0.494 e. The van der Waals surface area contributed by atoms with E-state index in [0.29, 0.717) is 23.9 Å². The molecule has 0 saturated carbocycles. The molecule has 0 unspecified atom stereocenters. The number of nitrogens with zero attached hydrogens (tertiary/aromatic N) is 3. The molecule has 0 aliphatic rings. The summed E-state index contributed by atoms with van der Waals surface area (Å²) in [5.41, 5.74) is 1.96. The number of carbonyl (C=O) groups excluding carboxylic acids is 1. The van der Waals surface area contributed by atoms with E-state index in [1.165, 1.54) is 6.07 Å². The van der Waals surface area contributed by atoms with E-state index in [4.69, 9.17) is 9.47 Å². The third-order valence-corrected chi connectivity index (χ3v) is 4.88. The highest BCUT2D eigenvalue weighted by Crippen LogP contribution is 2.23. The third kappa shape index (κ3) is 6.07. The normalized spacial score (nSPS) is 10.5. The van der Waals surface area contributed by atoms with Gasteiger partial charge in [0.2, 0.25) is 11.8 Å². The summed E-state index contributed by atoms with van der Waals surface area (Å²) in [6, 6.07) is 23.3. The predicted molar refractivity (Wildman–Crippen MR) is 128 cm³/mol. The number of pyridine rings is 1. The molecule has 0 aliphatic heterocycles. The molecule has 4 aromatic rings. The molecule has 34 heavy (non-hydrogen) atoms. The first-order chi connectivity index (χ1) is 16.6. The van der Waals surface area contributed by atoms with Gasteiger partial charge in [-0.05, 0) is 48.9 Å². The van der Waals surface area contributed by atoms with Gasteiger partial charge in [0.05, 0.1) is 12.3 Å². The van der Waals surface area contributed by atoms with Gasteiger partial charge >= 0.3 is 0 Å². The summed E-state index contributed by atoms with van der Waals surface area (Å²) >= 11 is 0. The lowest BCUT2D eigenvalue weighted by Crippen LogP contribution is -2.33. The number of hydrogen-bond acceptors (Lipinski definition) is 6. The Morgan fingerprint density at radius 2 is 1.74 bits per heavy atom. The average molecular weight is 457 g/mol. The molecule has 0 saturated heterocycles. The summed E-state index contributed by atoms with van der Waals surface area (Å²) < 4.78 is 12.4. The SMILES string of the molecule is CCOc1ccc(Oc2cc(CNC(=O)Cn3nc(-c4ccccc4)ccc3=O)ccn2)cc1. The van der Waals surface area contributed by atoms with Crippen LogP contribution in [0.15, 0.2) is 89.9 Å². The number of hydrogen-bond donors (Lipinski definition) is 1. The number of aromatic nitrogens is 3. The number of benzene rings is 2. The molecule has 4 rings (SSSR count). The lowest BCUT2D eigenvalue weighted by atomic mass is 10.1. The van der Waals surface area contributed by atoms with Crippen LogP contribution in [0, 0.1) is 0 Å². The quantitative estimate of drug-likeness (QED) is 0.412. The number of rotatable bonds is 9. The van der Waals surface area contributed by atoms with Crippen molar-refractivity contribution in [1.29, 1.82) is 0 Å². The first-order valence-electron chi connectivity index (χ1n) is 10.9. The molecule has 0 bridgehead atoms. The second kappa shape index (κ2) is 10.9. The highest BCUT2D eigenvalue weighted by molar-refractivity contribution is 5.75. The van der Waals surface area contributed by atoms with Crippen molar-refractivity contribution in [2.75, 3.05) is 6.61 Å². The fraction of sp³-hybridized carbons (Fsp3) is 0.154. The lowest BCUT2D eigenvalue weighted by molar-refractivity contribution is -0.122. The lowest BCUT2D eigenvalue weighted by Gasteiger charge is -2.10. The number of nitrogens with one attached hydrogen (secondary N) is 1. The predicted octanol–water partition coefficient (Wildman–Crippen LogP) is 3.81. The van der Waals surface area contributed by atoms with Crippen LogP contribution in [-0.2, 0) is 17.9 Å². The van der Waals surface area contributed by atoms with Gasteiger partial charge in [-0.1, -0.05) is 30.3 Å². The molecule has 2 aromatic heterocycles. The Kier molecular flexibility index (Phi) is 7.29. The average Bonchev–Trinajstić information content (AvgIpc) is 2.86. The highest BCUT2D eigenvalue weighted by atomic mass is 16.5. The van der Waals surface area contributed by atoms with Crippen molar-refractivity contribution in [3.63, 3.8) is 0 Å². The van der Waals surface area contributed by atoms with E-state index >= 15 is 0 Å². The Balaban J connectivity index is 1.36. The van der Waals surface area contributed by atoms with Crippen LogP contribution in [0.2, 0.25) is 0 Å². The summed E-state index contributed by atoms with van der Waals surface area (Å²) in [4.78, 5) is 28.9. The molecule has 1 N–H and O–H groups in total. The molecule has 2 heterocycles. The Hall–Kier alpha value is -4.46. The molecular formula is C26H24N4O4. The van der Waals surface area contributed by atoms with Crippen molar-refractivity contribution < 1.29 is 14.3 Å². The second-order valence-electron chi connectivity index (χ2n) is 7.37. The largest absolute Gasteiger partial charge is 0.494 e. The first-order valence-corrected chi connectivity index (χ1v) is 10.9. The molecule has 1 amide bonds. The maximum absolute atomic E-state index is 12.5. The Morgan fingerprint density at radius 1 is 0.971 bits per heavy atom. The van der Waals surface area contributed by atoms with Gasteiger partial charge in [0.15, 0.2) is 0 Å². The summed E-state index contributed by atoms with van der Waals surface area (Å²) in [5.74, 6) is 1.47. The summed E-state index contributed by atoms with van der Waals surface area (Å²) in [6.45, 7) is 2.60. The van der Waals surface area contributed by atoms with Crippen molar-refractivity contribution in [3.8, 4) is 28.6 Å². The smallest absolute Gasteiger partial charge is 0.267 e. The maximum atomic E-state index is 12.5. The molecule has 0 radical (unpaired) electrons. The van der Waals surface area contributed by atoms with E-state index in [9.17, 15) is 9.59 Å². The van der Waals surface area contributed by atoms with Gasteiger partial charge in [-0.25, -0.2) is 9.67 Å². The van der Waals surface area contributed by atoms with Crippen LogP contribution in [0.1, 0.15) is 12.5 Å².